The van der Waals surface area contributed by atoms with Crippen molar-refractivity contribution in [1.82, 2.24) is 0 Å². The number of nitrogens with zero attached hydrogens (tertiary/aromatic N) is 1. The van der Waals surface area contributed by atoms with E-state index in [-0.39, 0.29) is 6.54 Å². The monoisotopic (exact) mass is 129 g/mol. The van der Waals surface area contributed by atoms with Gasteiger partial charge in [0, 0.05) is 0 Å². The van der Waals surface area contributed by atoms with E-state index >= 15 is 0 Å². The maximum absolute atomic E-state index is 9.65. The molecule has 0 aromatic carbocycles. The highest BCUT2D eigenvalue weighted by atomic mass is 16.3. The zero-order valence-corrected chi connectivity index (χ0v) is 5.29. The molecule has 3 nitrogen and oxygen atoms in total. The van der Waals surface area contributed by atoms with Crippen molar-refractivity contribution in [1.29, 1.82) is 0 Å². The van der Waals surface area contributed by atoms with Crippen molar-refractivity contribution in [3.05, 3.63) is 4.91 Å². The van der Waals surface area contributed by atoms with Gasteiger partial charge in [-0.1, -0.05) is 11.6 Å². The van der Waals surface area contributed by atoms with Crippen LogP contribution in [0.3, 0.4) is 0 Å². The van der Waals surface area contributed by atoms with Gasteiger partial charge < -0.3 is 5.11 Å². The Balaban J connectivity index is 2.15. The van der Waals surface area contributed by atoms with Crippen LogP contribution in [0.15, 0.2) is 5.18 Å². The van der Waals surface area contributed by atoms with Gasteiger partial charge in [-0.2, -0.15) is 4.91 Å². The Labute approximate surface area is 54.0 Å². The Bertz CT molecular complexity index is 101. The van der Waals surface area contributed by atoms with Gasteiger partial charge in [0.1, 0.15) is 6.54 Å². The van der Waals surface area contributed by atoms with E-state index in [0.717, 1.165) is 12.8 Å². The zero-order valence-electron chi connectivity index (χ0n) is 5.29. The third kappa shape index (κ3) is 1.48. The molecule has 0 bridgehead atoms. The Morgan fingerprint density at radius 3 is 2.67 bits per heavy atom. The minimum atomic E-state index is -0.462. The molecule has 1 atom stereocenters. The van der Waals surface area contributed by atoms with E-state index in [2.05, 4.69) is 5.18 Å². The molecule has 3 heteroatoms. The van der Waals surface area contributed by atoms with Crippen molar-refractivity contribution >= 4 is 0 Å². The lowest BCUT2D eigenvalue weighted by Gasteiger charge is -2.28. The van der Waals surface area contributed by atoms with E-state index in [1.54, 1.807) is 0 Å². The van der Waals surface area contributed by atoms with Crippen LogP contribution in [0.4, 0.5) is 0 Å². The summed E-state index contributed by atoms with van der Waals surface area (Å²) in [5.41, 5.74) is 0. The molecule has 0 aromatic rings. The van der Waals surface area contributed by atoms with E-state index < -0.39 is 6.10 Å². The molecule has 52 valence electrons. The smallest absolute Gasteiger partial charge is 0.107 e. The molecule has 1 rings (SSSR count). The van der Waals surface area contributed by atoms with Crippen molar-refractivity contribution in [3.8, 4) is 0 Å². The van der Waals surface area contributed by atoms with Gasteiger partial charge in [-0.05, 0) is 18.8 Å². The van der Waals surface area contributed by atoms with Crippen LogP contribution in [0.2, 0.25) is 0 Å². The second kappa shape index (κ2) is 2.92. The highest BCUT2D eigenvalue weighted by Crippen LogP contribution is 2.29. The van der Waals surface area contributed by atoms with E-state index in [1.165, 1.54) is 6.42 Å². The van der Waals surface area contributed by atoms with Crippen LogP contribution in [-0.2, 0) is 0 Å². The molecule has 0 radical (unpaired) electrons. The fraction of sp³-hybridized carbons (Fsp3) is 1.00. The molecule has 1 unspecified atom stereocenters. The second-order valence-electron chi connectivity index (χ2n) is 2.57. The highest BCUT2D eigenvalue weighted by molar-refractivity contribution is 4.77. The average Bonchev–Trinajstić information content (AvgIpc) is 1.60. The minimum Gasteiger partial charge on any atom is -0.391 e. The first-order valence-corrected chi connectivity index (χ1v) is 3.32. The number of rotatable bonds is 3. The van der Waals surface area contributed by atoms with Crippen LogP contribution in [0.1, 0.15) is 19.3 Å². The standard InChI is InChI=1S/C6H11NO2/c8-6(4-7-9)5-2-1-3-5/h5-6,8H,1-4H2. The van der Waals surface area contributed by atoms with Crippen molar-refractivity contribution in [2.45, 2.75) is 25.4 Å². The molecule has 0 spiro atoms. The molecule has 0 saturated heterocycles. The molecule has 0 aliphatic heterocycles. The number of hydrogen-bond donors (Lipinski definition) is 1. The number of nitroso groups, excluding NO2 is 1. The van der Waals surface area contributed by atoms with Gasteiger partial charge in [-0.15, -0.1) is 0 Å². The Kier molecular flexibility index (Phi) is 2.16. The van der Waals surface area contributed by atoms with Crippen LogP contribution in [0.5, 0.6) is 0 Å². The van der Waals surface area contributed by atoms with Crippen molar-refractivity contribution < 1.29 is 5.11 Å². The lowest BCUT2D eigenvalue weighted by atomic mass is 9.81. The second-order valence-corrected chi connectivity index (χ2v) is 2.57. The Hall–Kier alpha value is -0.440. The quantitative estimate of drug-likeness (QED) is 0.576. The van der Waals surface area contributed by atoms with Gasteiger partial charge in [0.25, 0.3) is 0 Å². The van der Waals surface area contributed by atoms with Gasteiger partial charge in [-0.25, -0.2) is 0 Å². The van der Waals surface area contributed by atoms with Crippen molar-refractivity contribution in [2.24, 2.45) is 11.1 Å². The minimum absolute atomic E-state index is 0.0741. The van der Waals surface area contributed by atoms with Crippen molar-refractivity contribution in [2.75, 3.05) is 6.54 Å². The molecule has 0 aromatic heterocycles. The van der Waals surface area contributed by atoms with E-state index in [9.17, 15) is 4.91 Å². The van der Waals surface area contributed by atoms with Crippen LogP contribution in [0, 0.1) is 10.8 Å². The topological polar surface area (TPSA) is 49.7 Å². The molecule has 1 fully saturated rings. The summed E-state index contributed by atoms with van der Waals surface area (Å²) in [6.45, 7) is 0.0741. The molecule has 1 aliphatic rings. The fourth-order valence-electron chi connectivity index (χ4n) is 1.05. The summed E-state index contributed by atoms with van der Waals surface area (Å²) in [6.07, 6.45) is 2.87. The van der Waals surface area contributed by atoms with Crippen molar-refractivity contribution in [3.63, 3.8) is 0 Å². The first-order valence-electron chi connectivity index (χ1n) is 3.32. The summed E-state index contributed by atoms with van der Waals surface area (Å²) in [4.78, 5) is 9.65. The number of hydrogen-bond acceptors (Lipinski definition) is 3. The third-order valence-corrected chi connectivity index (χ3v) is 1.96. The molecule has 0 heterocycles. The maximum atomic E-state index is 9.65. The van der Waals surface area contributed by atoms with Gasteiger partial charge in [-0.3, -0.25) is 0 Å². The van der Waals surface area contributed by atoms with E-state index in [1.807, 2.05) is 0 Å². The first-order chi connectivity index (χ1) is 4.34. The van der Waals surface area contributed by atoms with Gasteiger partial charge in [0.2, 0.25) is 0 Å². The zero-order chi connectivity index (χ0) is 6.69. The normalized spacial score (nSPS) is 22.8. The predicted octanol–water partition coefficient (Wildman–Crippen LogP) is 0.914. The van der Waals surface area contributed by atoms with Crippen LogP contribution in [-0.4, -0.2) is 17.8 Å². The predicted molar refractivity (Wildman–Crippen MR) is 34.0 cm³/mol. The maximum Gasteiger partial charge on any atom is 0.107 e. The summed E-state index contributed by atoms with van der Waals surface area (Å²) in [7, 11) is 0. The Morgan fingerprint density at radius 2 is 2.33 bits per heavy atom. The van der Waals surface area contributed by atoms with E-state index in [0.29, 0.717) is 5.92 Å². The lowest BCUT2D eigenvalue weighted by Crippen LogP contribution is -2.28. The third-order valence-electron chi connectivity index (χ3n) is 1.96. The molecule has 9 heavy (non-hydrogen) atoms. The number of aliphatic hydroxyl groups is 1. The molecule has 1 N–H and O–H groups in total. The lowest BCUT2D eigenvalue weighted by molar-refractivity contribution is 0.0698. The number of aliphatic hydroxyl groups excluding tert-OH is 1. The van der Waals surface area contributed by atoms with Crippen LogP contribution in [0.25, 0.3) is 0 Å². The summed E-state index contributed by atoms with van der Waals surface area (Å²) < 4.78 is 0. The van der Waals surface area contributed by atoms with Gasteiger partial charge in [0.05, 0.1) is 6.10 Å². The average molecular weight is 129 g/mol. The molecule has 1 aliphatic carbocycles. The summed E-state index contributed by atoms with van der Waals surface area (Å²) in [5, 5.41) is 11.7. The SMILES string of the molecule is O=NCC(O)C1CCC1. The van der Waals surface area contributed by atoms with Gasteiger partial charge >= 0.3 is 0 Å². The largest absolute Gasteiger partial charge is 0.391 e. The van der Waals surface area contributed by atoms with Gasteiger partial charge in [0.15, 0.2) is 0 Å². The molecule has 0 amide bonds. The first kappa shape index (κ1) is 6.68. The molecular formula is C6H11NO2. The fourth-order valence-corrected chi connectivity index (χ4v) is 1.05. The van der Waals surface area contributed by atoms with Crippen LogP contribution < -0.4 is 0 Å². The Morgan fingerprint density at radius 1 is 1.67 bits per heavy atom. The molecular weight excluding hydrogens is 118 g/mol. The summed E-state index contributed by atoms with van der Waals surface area (Å²) >= 11 is 0. The molecule has 1 saturated carbocycles. The highest BCUT2D eigenvalue weighted by Gasteiger charge is 2.25. The van der Waals surface area contributed by atoms with E-state index in [4.69, 9.17) is 5.11 Å². The summed E-state index contributed by atoms with van der Waals surface area (Å²) in [5.74, 6) is 0.364. The summed E-state index contributed by atoms with van der Waals surface area (Å²) in [6, 6.07) is 0. The van der Waals surface area contributed by atoms with Crippen LogP contribution >= 0.6 is 0 Å².